The van der Waals surface area contributed by atoms with Gasteiger partial charge in [-0.2, -0.15) is 0 Å². The number of carbonyl (C=O) groups is 5. The first-order valence-electron chi connectivity index (χ1n) is 18.7. The SMILES string of the molecule is CC(=O)OC[C@H]1O[C@@H](Oc2cc3c(cc2OCc2ccccc2)C2CC[C@@]4(C)C(CC[C@H]4OC(C)=O)C2CC3)[C@H](OC(C)=O)[C@@H](OC(C)=O)[C@@H]1OC(C)=O. The van der Waals surface area contributed by atoms with E-state index < -0.39 is 54.6 Å². The fraction of sp³-hybridized carbons (Fsp3) is 0.585. The molecule has 1 saturated heterocycles. The Morgan fingerprint density at radius 2 is 1.41 bits per heavy atom. The number of fused-ring (bicyclic) bond motifs is 5. The Morgan fingerprint density at radius 3 is 2.07 bits per heavy atom. The second kappa shape index (κ2) is 16.4. The van der Waals surface area contributed by atoms with Crippen molar-refractivity contribution in [3.63, 3.8) is 0 Å². The molecule has 0 radical (unpaired) electrons. The fourth-order valence-corrected chi connectivity index (χ4v) is 9.27. The van der Waals surface area contributed by atoms with Gasteiger partial charge < -0.3 is 37.9 Å². The molecule has 3 aliphatic carbocycles. The molecule has 2 saturated carbocycles. The van der Waals surface area contributed by atoms with E-state index >= 15 is 0 Å². The van der Waals surface area contributed by atoms with Gasteiger partial charge in [0, 0.05) is 40.0 Å². The Balaban J connectivity index is 1.37. The minimum absolute atomic E-state index is 0.0742. The maximum Gasteiger partial charge on any atom is 0.303 e. The lowest BCUT2D eigenvalue weighted by atomic mass is 9.55. The van der Waals surface area contributed by atoms with Crippen molar-refractivity contribution in [2.75, 3.05) is 6.61 Å². The maximum absolute atomic E-state index is 12.5. The summed E-state index contributed by atoms with van der Waals surface area (Å²) in [5.41, 5.74) is 3.13. The fourth-order valence-electron chi connectivity index (χ4n) is 9.27. The number of rotatable bonds is 11. The highest BCUT2D eigenvalue weighted by Gasteiger charge is 2.57. The van der Waals surface area contributed by atoms with E-state index in [0.717, 1.165) is 49.7 Å². The highest BCUT2D eigenvalue weighted by atomic mass is 16.7. The Kier molecular flexibility index (Phi) is 11.8. The van der Waals surface area contributed by atoms with Crippen LogP contribution in [0.5, 0.6) is 11.5 Å². The molecule has 0 spiro atoms. The van der Waals surface area contributed by atoms with Crippen molar-refractivity contribution in [3.05, 3.63) is 59.2 Å². The molecular weight excluding hydrogens is 700 g/mol. The van der Waals surface area contributed by atoms with Crippen LogP contribution >= 0.6 is 0 Å². The molecule has 2 aromatic rings. The van der Waals surface area contributed by atoms with E-state index in [4.69, 9.17) is 37.9 Å². The quantitative estimate of drug-likeness (QED) is 0.209. The highest BCUT2D eigenvalue weighted by molar-refractivity contribution is 5.69. The van der Waals surface area contributed by atoms with Crippen LogP contribution in [-0.4, -0.2) is 73.3 Å². The molecule has 13 heteroatoms. The van der Waals surface area contributed by atoms with Gasteiger partial charge in [-0.3, -0.25) is 24.0 Å². The smallest absolute Gasteiger partial charge is 0.303 e. The zero-order chi connectivity index (χ0) is 38.7. The highest BCUT2D eigenvalue weighted by Crippen LogP contribution is 2.62. The topological polar surface area (TPSA) is 159 Å². The third-order valence-electron chi connectivity index (χ3n) is 11.4. The number of esters is 5. The van der Waals surface area contributed by atoms with Crippen LogP contribution in [0.4, 0.5) is 0 Å². The third-order valence-corrected chi connectivity index (χ3v) is 11.4. The first-order chi connectivity index (χ1) is 25.7. The summed E-state index contributed by atoms with van der Waals surface area (Å²) in [5, 5.41) is 0. The van der Waals surface area contributed by atoms with Crippen LogP contribution in [0.15, 0.2) is 42.5 Å². The molecule has 6 rings (SSSR count). The van der Waals surface area contributed by atoms with Gasteiger partial charge in [0.1, 0.15) is 25.4 Å². The average molecular weight is 751 g/mol. The molecule has 4 aliphatic rings. The Hall–Kier alpha value is -4.65. The van der Waals surface area contributed by atoms with E-state index in [0.29, 0.717) is 23.3 Å². The Bertz CT molecular complexity index is 1720. The molecule has 0 aromatic heterocycles. The van der Waals surface area contributed by atoms with E-state index in [1.54, 1.807) is 0 Å². The molecule has 1 heterocycles. The first-order valence-corrected chi connectivity index (χ1v) is 18.7. The molecule has 13 nitrogen and oxygen atoms in total. The van der Waals surface area contributed by atoms with Crippen molar-refractivity contribution in [1.82, 2.24) is 0 Å². The van der Waals surface area contributed by atoms with Gasteiger partial charge in [-0.15, -0.1) is 0 Å². The summed E-state index contributed by atoms with van der Waals surface area (Å²) >= 11 is 0. The number of carbonyl (C=O) groups excluding carboxylic acids is 5. The monoisotopic (exact) mass is 750 g/mol. The number of hydrogen-bond donors (Lipinski definition) is 0. The van der Waals surface area contributed by atoms with Crippen LogP contribution in [0.25, 0.3) is 0 Å². The molecule has 1 aliphatic heterocycles. The van der Waals surface area contributed by atoms with Crippen LogP contribution in [0.1, 0.15) is 96.3 Å². The van der Waals surface area contributed by atoms with Crippen LogP contribution in [0.2, 0.25) is 0 Å². The molecule has 10 atom stereocenters. The van der Waals surface area contributed by atoms with Gasteiger partial charge in [-0.1, -0.05) is 37.3 Å². The minimum Gasteiger partial charge on any atom is -0.485 e. The molecule has 0 N–H and O–H groups in total. The lowest BCUT2D eigenvalue weighted by molar-refractivity contribution is -0.288. The lowest BCUT2D eigenvalue weighted by Crippen LogP contribution is -2.63. The zero-order valence-corrected chi connectivity index (χ0v) is 31.7. The van der Waals surface area contributed by atoms with Crippen LogP contribution in [0.3, 0.4) is 0 Å². The van der Waals surface area contributed by atoms with E-state index in [1.165, 1.54) is 40.2 Å². The first kappa shape index (κ1) is 39.1. The average Bonchev–Trinajstić information content (AvgIpc) is 3.43. The second-order valence-corrected chi connectivity index (χ2v) is 15.1. The largest absolute Gasteiger partial charge is 0.485 e. The van der Waals surface area contributed by atoms with Gasteiger partial charge in [0.25, 0.3) is 0 Å². The number of aryl methyl sites for hydroxylation is 1. The lowest BCUT2D eigenvalue weighted by Gasteiger charge is -2.50. The molecule has 2 aromatic carbocycles. The van der Waals surface area contributed by atoms with Crippen LogP contribution in [-0.2, 0) is 65.4 Å². The van der Waals surface area contributed by atoms with Gasteiger partial charge in [-0.25, -0.2) is 0 Å². The van der Waals surface area contributed by atoms with E-state index in [1.807, 2.05) is 42.5 Å². The number of hydrogen-bond acceptors (Lipinski definition) is 13. The number of ether oxygens (including phenoxy) is 8. The van der Waals surface area contributed by atoms with Gasteiger partial charge in [0.15, 0.2) is 23.7 Å². The van der Waals surface area contributed by atoms with E-state index in [2.05, 4.69) is 6.92 Å². The molecule has 3 fully saturated rings. The summed E-state index contributed by atoms with van der Waals surface area (Å²) in [7, 11) is 0. The van der Waals surface area contributed by atoms with Crippen molar-refractivity contribution < 1.29 is 61.9 Å². The third kappa shape index (κ3) is 8.51. The summed E-state index contributed by atoms with van der Waals surface area (Å²) < 4.78 is 47.3. The predicted octanol–water partition coefficient (Wildman–Crippen LogP) is 5.52. The molecule has 0 amide bonds. The summed E-state index contributed by atoms with van der Waals surface area (Å²) in [5.74, 6) is -1.20. The molecule has 3 unspecified atom stereocenters. The summed E-state index contributed by atoms with van der Waals surface area (Å²) in [6, 6.07) is 13.7. The van der Waals surface area contributed by atoms with E-state index in [-0.39, 0.29) is 36.6 Å². The Morgan fingerprint density at radius 1 is 0.741 bits per heavy atom. The summed E-state index contributed by atoms with van der Waals surface area (Å²) in [6.07, 6.45) is -1.27. The van der Waals surface area contributed by atoms with Crippen molar-refractivity contribution in [2.45, 2.75) is 129 Å². The van der Waals surface area contributed by atoms with Gasteiger partial charge in [-0.05, 0) is 85.1 Å². The van der Waals surface area contributed by atoms with Crippen molar-refractivity contribution in [2.24, 2.45) is 17.3 Å². The van der Waals surface area contributed by atoms with Gasteiger partial charge >= 0.3 is 29.8 Å². The number of benzene rings is 2. The molecule has 0 bridgehead atoms. The van der Waals surface area contributed by atoms with Crippen LogP contribution < -0.4 is 9.47 Å². The minimum atomic E-state index is -1.41. The summed E-state index contributed by atoms with van der Waals surface area (Å²) in [4.78, 5) is 61.0. The molecule has 292 valence electrons. The van der Waals surface area contributed by atoms with E-state index in [9.17, 15) is 24.0 Å². The van der Waals surface area contributed by atoms with Crippen molar-refractivity contribution in [3.8, 4) is 11.5 Å². The van der Waals surface area contributed by atoms with Gasteiger partial charge in [0.2, 0.25) is 12.4 Å². The molecular formula is C41H50O13. The van der Waals surface area contributed by atoms with Crippen molar-refractivity contribution in [1.29, 1.82) is 0 Å². The summed E-state index contributed by atoms with van der Waals surface area (Å²) in [6.45, 7) is 8.36. The standard InChI is InChI=1S/C41H50O13/c1-22(42)47-21-35-37(50-24(3)44)38(51-25(4)45)39(52-26(5)46)40(54-35)53-34-18-28-12-13-30-29(16-17-41(6)32(30)14-15-36(41)49-23(2)43)31(28)19-33(34)48-20-27-10-8-7-9-11-27/h7-11,18-19,29-30,32,35-40H,12-17,20-21H2,1-6H3/t29?,30?,32?,35-,36-,37-,38+,39-,40-,41+/m1/s1. The second-order valence-electron chi connectivity index (χ2n) is 15.1. The maximum atomic E-state index is 12.5. The Labute approximate surface area is 315 Å². The molecule has 54 heavy (non-hydrogen) atoms. The normalized spacial score (nSPS) is 31.0. The van der Waals surface area contributed by atoms with Crippen molar-refractivity contribution >= 4 is 29.8 Å². The zero-order valence-electron chi connectivity index (χ0n) is 31.7. The predicted molar refractivity (Wildman–Crippen MR) is 190 cm³/mol. The van der Waals surface area contributed by atoms with Crippen LogP contribution in [0, 0.1) is 17.3 Å². The van der Waals surface area contributed by atoms with Gasteiger partial charge in [0.05, 0.1) is 0 Å².